The average Bonchev–Trinajstić information content (AvgIpc) is 3.08. The van der Waals surface area contributed by atoms with Crippen LogP contribution in [0.3, 0.4) is 0 Å². The summed E-state index contributed by atoms with van der Waals surface area (Å²) in [5.41, 5.74) is 0.873. The number of amides is 1. The van der Waals surface area contributed by atoms with E-state index in [1.807, 2.05) is 36.4 Å². The first-order chi connectivity index (χ1) is 13.5. The molecule has 1 N–H and O–H groups in total. The monoisotopic (exact) mass is 429 g/mol. The van der Waals surface area contributed by atoms with Crippen LogP contribution in [0.4, 0.5) is 11.4 Å². The van der Waals surface area contributed by atoms with E-state index >= 15 is 0 Å². The van der Waals surface area contributed by atoms with Gasteiger partial charge in [-0.3, -0.25) is 14.9 Å². The second-order valence-corrected chi connectivity index (χ2v) is 8.16. The third-order valence-electron chi connectivity index (χ3n) is 3.47. The van der Waals surface area contributed by atoms with E-state index in [-0.39, 0.29) is 28.6 Å². The van der Waals surface area contributed by atoms with Crippen LogP contribution in [0.1, 0.15) is 5.56 Å². The van der Waals surface area contributed by atoms with Crippen molar-refractivity contribution in [2.24, 2.45) is 0 Å². The molecule has 0 fully saturated rings. The van der Waals surface area contributed by atoms with Crippen LogP contribution in [0.15, 0.2) is 52.9 Å². The van der Waals surface area contributed by atoms with E-state index in [0.717, 1.165) is 11.8 Å². The number of nitrogens with one attached hydrogen (secondary N) is 1. The summed E-state index contributed by atoms with van der Waals surface area (Å²) in [6.07, 6.45) is 0. The molecule has 28 heavy (non-hydrogen) atoms. The third-order valence-corrected chi connectivity index (χ3v) is 5.83. The summed E-state index contributed by atoms with van der Waals surface area (Å²) in [6.45, 7) is 0. The minimum atomic E-state index is -0.598. The number of nitro groups is 1. The number of non-ortho nitro benzene ring substituents is 1. The van der Waals surface area contributed by atoms with Gasteiger partial charge in [-0.05, 0) is 30.4 Å². The van der Waals surface area contributed by atoms with Crippen LogP contribution in [0.2, 0.25) is 0 Å². The van der Waals surface area contributed by atoms with Crippen molar-refractivity contribution >= 4 is 52.6 Å². The Kier molecular flexibility index (Phi) is 6.15. The van der Waals surface area contributed by atoms with Crippen molar-refractivity contribution in [3.05, 3.63) is 68.2 Å². The Balaban J connectivity index is 1.66. The van der Waals surface area contributed by atoms with Gasteiger partial charge in [0.05, 0.1) is 27.6 Å². The van der Waals surface area contributed by atoms with Crippen molar-refractivity contribution in [3.63, 3.8) is 0 Å². The van der Waals surface area contributed by atoms with E-state index < -0.39 is 4.92 Å². The number of anilines is 1. The standard InChI is InChI=1S/C17H11N5O3S3/c18-9-11-8-13(22(24)25)6-7-14(11)19-15(23)10-27-16-20-21(17(26)28-16)12-4-2-1-3-5-12/h1-8H,10H2,(H,19,23). The zero-order valence-corrected chi connectivity index (χ0v) is 16.5. The van der Waals surface area contributed by atoms with E-state index in [2.05, 4.69) is 10.4 Å². The van der Waals surface area contributed by atoms with Crippen LogP contribution in [0, 0.1) is 25.4 Å². The molecule has 0 aliphatic rings. The molecule has 1 aromatic heterocycles. The SMILES string of the molecule is N#Cc1cc([N+](=O)[O-])ccc1NC(=O)CSc1nn(-c2ccccc2)c(=S)s1. The van der Waals surface area contributed by atoms with Crippen molar-refractivity contribution in [1.82, 2.24) is 9.78 Å². The highest BCUT2D eigenvalue weighted by atomic mass is 32.2. The van der Waals surface area contributed by atoms with Gasteiger partial charge in [0.2, 0.25) is 5.91 Å². The van der Waals surface area contributed by atoms with Gasteiger partial charge in [-0.25, -0.2) is 4.68 Å². The molecule has 3 aromatic rings. The molecule has 0 aliphatic heterocycles. The smallest absolute Gasteiger partial charge is 0.270 e. The van der Waals surface area contributed by atoms with Crippen LogP contribution < -0.4 is 5.32 Å². The lowest BCUT2D eigenvalue weighted by Crippen LogP contribution is -2.15. The highest BCUT2D eigenvalue weighted by Crippen LogP contribution is 2.25. The summed E-state index contributed by atoms with van der Waals surface area (Å²) in [5.74, 6) is -0.304. The molecule has 3 rings (SSSR count). The van der Waals surface area contributed by atoms with Gasteiger partial charge in [0, 0.05) is 12.1 Å². The van der Waals surface area contributed by atoms with Crippen molar-refractivity contribution in [2.45, 2.75) is 4.34 Å². The molecule has 0 spiro atoms. The molecule has 11 heteroatoms. The quantitative estimate of drug-likeness (QED) is 0.271. The fourth-order valence-electron chi connectivity index (χ4n) is 2.21. The highest BCUT2D eigenvalue weighted by Gasteiger charge is 2.14. The molecule has 0 atom stereocenters. The van der Waals surface area contributed by atoms with E-state index in [1.54, 1.807) is 4.68 Å². The number of nitrogens with zero attached hydrogens (tertiary/aromatic N) is 4. The first-order valence-corrected chi connectivity index (χ1v) is 9.96. The lowest BCUT2D eigenvalue weighted by atomic mass is 10.1. The van der Waals surface area contributed by atoms with E-state index in [1.165, 1.54) is 35.2 Å². The Morgan fingerprint density at radius 2 is 2.11 bits per heavy atom. The predicted molar refractivity (Wildman–Crippen MR) is 109 cm³/mol. The predicted octanol–water partition coefficient (Wildman–Crippen LogP) is 4.17. The normalized spacial score (nSPS) is 10.2. The van der Waals surface area contributed by atoms with Crippen molar-refractivity contribution in [2.75, 3.05) is 11.1 Å². The molecule has 0 aliphatic carbocycles. The highest BCUT2D eigenvalue weighted by molar-refractivity contribution is 8.01. The number of benzene rings is 2. The average molecular weight is 430 g/mol. The molecule has 2 aromatic carbocycles. The topological polar surface area (TPSA) is 114 Å². The number of para-hydroxylation sites is 1. The molecule has 0 saturated heterocycles. The Morgan fingerprint density at radius 3 is 2.79 bits per heavy atom. The summed E-state index contributed by atoms with van der Waals surface area (Å²) in [5, 5.41) is 26.9. The van der Waals surface area contributed by atoms with Gasteiger partial charge in [-0.15, -0.1) is 5.10 Å². The molecule has 1 heterocycles. The summed E-state index contributed by atoms with van der Waals surface area (Å²) in [6, 6.07) is 15.0. The maximum absolute atomic E-state index is 12.2. The van der Waals surface area contributed by atoms with Gasteiger partial charge in [0.25, 0.3) is 5.69 Å². The minimum absolute atomic E-state index is 0.0246. The van der Waals surface area contributed by atoms with Crippen LogP contribution in [-0.4, -0.2) is 26.4 Å². The summed E-state index contributed by atoms with van der Waals surface area (Å²) in [7, 11) is 0. The zero-order chi connectivity index (χ0) is 20.1. The molecule has 0 unspecified atom stereocenters. The molecule has 1 amide bonds. The fraction of sp³-hybridized carbons (Fsp3) is 0.0588. The first-order valence-electron chi connectivity index (χ1n) is 7.74. The second kappa shape index (κ2) is 8.75. The number of nitro benzene ring substituents is 1. The summed E-state index contributed by atoms with van der Waals surface area (Å²) in [4.78, 5) is 22.4. The van der Waals surface area contributed by atoms with E-state index in [0.29, 0.717) is 8.29 Å². The number of carbonyl (C=O) groups excluding carboxylic acids is 1. The van der Waals surface area contributed by atoms with E-state index in [4.69, 9.17) is 17.5 Å². The maximum atomic E-state index is 12.2. The van der Waals surface area contributed by atoms with Crippen LogP contribution in [0.25, 0.3) is 5.69 Å². The van der Waals surface area contributed by atoms with Gasteiger partial charge in [-0.2, -0.15) is 5.26 Å². The van der Waals surface area contributed by atoms with Gasteiger partial charge in [0.15, 0.2) is 8.29 Å². The Hall–Kier alpha value is -3.07. The number of hydrogen-bond acceptors (Lipinski definition) is 8. The molecule has 0 bridgehead atoms. The van der Waals surface area contributed by atoms with E-state index in [9.17, 15) is 14.9 Å². The maximum Gasteiger partial charge on any atom is 0.270 e. The number of carbonyl (C=O) groups is 1. The van der Waals surface area contributed by atoms with Crippen LogP contribution in [-0.2, 0) is 4.79 Å². The van der Waals surface area contributed by atoms with Crippen molar-refractivity contribution in [3.8, 4) is 11.8 Å². The lowest BCUT2D eigenvalue weighted by molar-refractivity contribution is -0.384. The van der Waals surface area contributed by atoms with Crippen LogP contribution >= 0.6 is 35.3 Å². The van der Waals surface area contributed by atoms with Crippen LogP contribution in [0.5, 0.6) is 0 Å². The Morgan fingerprint density at radius 1 is 1.36 bits per heavy atom. The number of hydrogen-bond donors (Lipinski definition) is 1. The van der Waals surface area contributed by atoms with Gasteiger partial charge < -0.3 is 5.32 Å². The molecule has 140 valence electrons. The second-order valence-electron chi connectivity index (χ2n) is 5.32. The van der Waals surface area contributed by atoms with Gasteiger partial charge in [0.1, 0.15) is 6.07 Å². The number of nitriles is 1. The van der Waals surface area contributed by atoms with Gasteiger partial charge >= 0.3 is 0 Å². The summed E-state index contributed by atoms with van der Waals surface area (Å²) >= 11 is 7.83. The molecule has 0 radical (unpaired) electrons. The molecular formula is C17H11N5O3S3. The lowest BCUT2D eigenvalue weighted by Gasteiger charge is -2.06. The molecule has 0 saturated carbocycles. The number of rotatable bonds is 6. The van der Waals surface area contributed by atoms with Gasteiger partial charge in [-0.1, -0.05) is 41.3 Å². The fourth-order valence-corrected chi connectivity index (χ4v) is 4.37. The first kappa shape index (κ1) is 19.7. The zero-order valence-electron chi connectivity index (χ0n) is 14.1. The Labute approximate surface area is 172 Å². The number of aromatic nitrogens is 2. The van der Waals surface area contributed by atoms with Crippen molar-refractivity contribution in [1.29, 1.82) is 5.26 Å². The Bertz CT molecular complexity index is 1130. The summed E-state index contributed by atoms with van der Waals surface area (Å²) < 4.78 is 2.83. The molecular weight excluding hydrogens is 418 g/mol. The third kappa shape index (κ3) is 4.61. The number of thioether (sulfide) groups is 1. The minimum Gasteiger partial charge on any atom is -0.324 e. The largest absolute Gasteiger partial charge is 0.324 e. The van der Waals surface area contributed by atoms with Crippen molar-refractivity contribution < 1.29 is 9.72 Å². The molecule has 8 nitrogen and oxygen atoms in total.